The summed E-state index contributed by atoms with van der Waals surface area (Å²) in [6.07, 6.45) is 2.72. The summed E-state index contributed by atoms with van der Waals surface area (Å²) >= 11 is 0. The maximum atomic E-state index is 10.8. The fraction of sp³-hybridized carbons (Fsp3) is 0.200. The van der Waals surface area contributed by atoms with E-state index in [4.69, 9.17) is 4.98 Å². The number of nitro groups is 1. The number of fused-ring (bicyclic) bond motifs is 1. The van der Waals surface area contributed by atoms with Crippen LogP contribution in [0.4, 0.5) is 11.4 Å². The average Bonchev–Trinajstić information content (AvgIpc) is 2.68. The van der Waals surface area contributed by atoms with Crippen LogP contribution in [0, 0.1) is 17.0 Å². The molecule has 130 valence electrons. The van der Waals surface area contributed by atoms with Crippen LogP contribution in [-0.2, 0) is 13.0 Å². The number of hydrogen-bond donors (Lipinski definition) is 0. The summed E-state index contributed by atoms with van der Waals surface area (Å²) in [7, 11) is 0. The van der Waals surface area contributed by atoms with Gasteiger partial charge in [0.1, 0.15) is 0 Å². The average molecular weight is 346 g/mol. The zero-order valence-corrected chi connectivity index (χ0v) is 14.4. The van der Waals surface area contributed by atoms with Crippen LogP contribution in [0.5, 0.6) is 0 Å². The van der Waals surface area contributed by atoms with Gasteiger partial charge in [-0.05, 0) is 19.1 Å². The predicted octanol–water partition coefficient (Wildman–Crippen LogP) is 3.92. The summed E-state index contributed by atoms with van der Waals surface area (Å²) in [4.78, 5) is 21.9. The van der Waals surface area contributed by atoms with Crippen molar-refractivity contribution in [2.75, 3.05) is 11.4 Å². The lowest BCUT2D eigenvalue weighted by molar-refractivity contribution is -0.384. The van der Waals surface area contributed by atoms with Crippen LogP contribution in [0.2, 0.25) is 0 Å². The van der Waals surface area contributed by atoms with Gasteiger partial charge < -0.3 is 4.90 Å². The van der Waals surface area contributed by atoms with Gasteiger partial charge in [0.25, 0.3) is 5.69 Å². The number of non-ortho nitro benzene ring substituents is 1. The molecule has 0 fully saturated rings. The van der Waals surface area contributed by atoms with Crippen LogP contribution in [0.3, 0.4) is 0 Å². The van der Waals surface area contributed by atoms with E-state index >= 15 is 0 Å². The smallest absolute Gasteiger partial charge is 0.269 e. The number of hydrogen-bond acceptors (Lipinski definition) is 5. The number of aromatic nitrogens is 2. The van der Waals surface area contributed by atoms with Gasteiger partial charge >= 0.3 is 0 Å². The summed E-state index contributed by atoms with van der Waals surface area (Å²) in [6.45, 7) is 3.60. The fourth-order valence-electron chi connectivity index (χ4n) is 3.16. The van der Waals surface area contributed by atoms with Gasteiger partial charge in [-0.2, -0.15) is 0 Å². The Morgan fingerprint density at radius 1 is 1.08 bits per heavy atom. The van der Waals surface area contributed by atoms with Crippen molar-refractivity contribution in [1.29, 1.82) is 0 Å². The van der Waals surface area contributed by atoms with Crippen molar-refractivity contribution in [1.82, 2.24) is 9.97 Å². The Bertz CT molecular complexity index is 953. The van der Waals surface area contributed by atoms with E-state index in [9.17, 15) is 10.1 Å². The highest BCUT2D eigenvalue weighted by atomic mass is 16.6. The Morgan fingerprint density at radius 2 is 1.81 bits per heavy atom. The van der Waals surface area contributed by atoms with Crippen molar-refractivity contribution in [3.05, 3.63) is 81.7 Å². The van der Waals surface area contributed by atoms with Crippen LogP contribution in [-0.4, -0.2) is 21.4 Å². The van der Waals surface area contributed by atoms with E-state index in [1.54, 1.807) is 24.3 Å². The fourth-order valence-corrected chi connectivity index (χ4v) is 3.16. The van der Waals surface area contributed by atoms with Crippen LogP contribution in [0.1, 0.15) is 16.8 Å². The van der Waals surface area contributed by atoms with Crippen molar-refractivity contribution in [3.8, 4) is 11.4 Å². The van der Waals surface area contributed by atoms with E-state index in [1.165, 1.54) is 5.56 Å². The largest absolute Gasteiger partial charge is 0.367 e. The van der Waals surface area contributed by atoms with Gasteiger partial charge in [0, 0.05) is 54.7 Å². The summed E-state index contributed by atoms with van der Waals surface area (Å²) in [5, 5.41) is 10.8. The molecule has 0 atom stereocenters. The Labute approximate surface area is 151 Å². The minimum atomic E-state index is -0.379. The summed E-state index contributed by atoms with van der Waals surface area (Å²) in [5.41, 5.74) is 5.50. The molecule has 1 aliphatic rings. The highest BCUT2D eigenvalue weighted by molar-refractivity contribution is 5.57. The molecule has 2 heterocycles. The van der Waals surface area contributed by atoms with Gasteiger partial charge in [-0.15, -0.1) is 0 Å². The van der Waals surface area contributed by atoms with E-state index in [2.05, 4.69) is 28.9 Å². The molecule has 6 nitrogen and oxygen atoms in total. The maximum absolute atomic E-state index is 10.8. The van der Waals surface area contributed by atoms with Crippen molar-refractivity contribution in [3.63, 3.8) is 0 Å². The molecule has 0 radical (unpaired) electrons. The lowest BCUT2D eigenvalue weighted by Crippen LogP contribution is -2.31. The first kappa shape index (κ1) is 16.2. The molecule has 6 heteroatoms. The molecule has 0 spiro atoms. The zero-order valence-electron chi connectivity index (χ0n) is 14.4. The molecule has 0 amide bonds. The second-order valence-electron chi connectivity index (χ2n) is 6.48. The minimum Gasteiger partial charge on any atom is -0.367 e. The number of aryl methyl sites for hydroxylation is 1. The van der Waals surface area contributed by atoms with E-state index in [1.807, 2.05) is 18.3 Å². The molecule has 1 aromatic heterocycles. The van der Waals surface area contributed by atoms with Gasteiger partial charge in [0.15, 0.2) is 5.82 Å². The Kier molecular flexibility index (Phi) is 4.08. The molecule has 0 unspecified atom stereocenters. The molecule has 2 aromatic carbocycles. The minimum absolute atomic E-state index is 0.109. The summed E-state index contributed by atoms with van der Waals surface area (Å²) in [5.74, 6) is 0.757. The van der Waals surface area contributed by atoms with Crippen molar-refractivity contribution in [2.24, 2.45) is 0 Å². The number of anilines is 1. The molecule has 0 N–H and O–H groups in total. The van der Waals surface area contributed by atoms with Crippen LogP contribution in [0.25, 0.3) is 11.4 Å². The molecular formula is C20H18N4O2. The first-order valence-corrected chi connectivity index (χ1v) is 8.51. The van der Waals surface area contributed by atoms with Gasteiger partial charge in [-0.3, -0.25) is 10.1 Å². The van der Waals surface area contributed by atoms with Crippen molar-refractivity contribution < 1.29 is 4.92 Å². The van der Waals surface area contributed by atoms with E-state index in [0.29, 0.717) is 6.54 Å². The lowest BCUT2D eigenvalue weighted by atomic mass is 10.1. The second-order valence-corrected chi connectivity index (χ2v) is 6.48. The molecule has 26 heavy (non-hydrogen) atoms. The topological polar surface area (TPSA) is 72.2 Å². The SMILES string of the molecule is Cc1ccc(-c2ncc3c(n2)CCN(c2ccc([N+](=O)[O-])cc2)C3)cc1. The summed E-state index contributed by atoms with van der Waals surface area (Å²) < 4.78 is 0. The second kappa shape index (κ2) is 6.55. The first-order chi connectivity index (χ1) is 12.6. The van der Waals surface area contributed by atoms with Gasteiger partial charge in [0.05, 0.1) is 10.6 Å². The Hall–Kier alpha value is -3.28. The van der Waals surface area contributed by atoms with Gasteiger partial charge in [0.2, 0.25) is 0 Å². The van der Waals surface area contributed by atoms with Crippen molar-refractivity contribution in [2.45, 2.75) is 19.9 Å². The maximum Gasteiger partial charge on any atom is 0.269 e. The Morgan fingerprint density at radius 3 is 2.50 bits per heavy atom. The quantitative estimate of drug-likeness (QED) is 0.531. The predicted molar refractivity (Wildman–Crippen MR) is 100 cm³/mol. The van der Waals surface area contributed by atoms with E-state index < -0.39 is 0 Å². The molecule has 0 saturated heterocycles. The van der Waals surface area contributed by atoms with Crippen LogP contribution < -0.4 is 4.90 Å². The first-order valence-electron chi connectivity index (χ1n) is 8.51. The number of nitrogens with zero attached hydrogens (tertiary/aromatic N) is 4. The van der Waals surface area contributed by atoms with E-state index in [0.717, 1.165) is 41.3 Å². The number of rotatable bonds is 3. The molecule has 0 aliphatic carbocycles. The van der Waals surface area contributed by atoms with Crippen molar-refractivity contribution >= 4 is 11.4 Å². The number of nitro benzene ring substituents is 1. The lowest BCUT2D eigenvalue weighted by Gasteiger charge is -2.30. The highest BCUT2D eigenvalue weighted by Gasteiger charge is 2.19. The zero-order chi connectivity index (χ0) is 18.1. The third kappa shape index (κ3) is 3.13. The van der Waals surface area contributed by atoms with Gasteiger partial charge in [-0.25, -0.2) is 9.97 Å². The third-order valence-electron chi connectivity index (χ3n) is 4.67. The van der Waals surface area contributed by atoms with E-state index in [-0.39, 0.29) is 10.6 Å². The van der Waals surface area contributed by atoms with Gasteiger partial charge in [-0.1, -0.05) is 29.8 Å². The molecule has 3 aromatic rings. The Balaban J connectivity index is 1.56. The third-order valence-corrected chi connectivity index (χ3v) is 4.67. The molecule has 0 bridgehead atoms. The molecule has 0 saturated carbocycles. The molecule has 1 aliphatic heterocycles. The highest BCUT2D eigenvalue weighted by Crippen LogP contribution is 2.26. The molecular weight excluding hydrogens is 328 g/mol. The summed E-state index contributed by atoms with van der Waals surface area (Å²) in [6, 6.07) is 14.9. The standard InChI is InChI=1S/C20H18N4O2/c1-14-2-4-15(5-3-14)20-21-12-16-13-23(11-10-19(16)22-20)17-6-8-18(9-7-17)24(25)26/h2-9,12H,10-11,13H2,1H3. The molecule has 4 rings (SSSR count). The van der Waals surface area contributed by atoms with Crippen LogP contribution in [0.15, 0.2) is 54.7 Å². The number of benzene rings is 2. The monoisotopic (exact) mass is 346 g/mol. The van der Waals surface area contributed by atoms with Crippen LogP contribution >= 0.6 is 0 Å². The normalized spacial score (nSPS) is 13.3.